The predicted octanol–water partition coefficient (Wildman–Crippen LogP) is 5.47. The molecule has 1 fully saturated rings. The second-order valence-corrected chi connectivity index (χ2v) is 8.75. The summed E-state index contributed by atoms with van der Waals surface area (Å²) >= 11 is 14.0. The zero-order valence-corrected chi connectivity index (χ0v) is 17.4. The Morgan fingerprint density at radius 3 is 2.56 bits per heavy atom. The summed E-state index contributed by atoms with van der Waals surface area (Å²) in [5.41, 5.74) is 2.66. The molecule has 2 heterocycles. The van der Waals surface area contributed by atoms with Gasteiger partial charge in [0.15, 0.2) is 0 Å². The third-order valence-corrected chi connectivity index (χ3v) is 6.98. The Balaban J connectivity index is 1.44. The monoisotopic (exact) mass is 418 g/mol. The van der Waals surface area contributed by atoms with Crippen LogP contribution in [0.15, 0.2) is 42.5 Å². The maximum Gasteiger partial charge on any atom is 0.265 e. The van der Waals surface area contributed by atoms with Crippen molar-refractivity contribution in [2.45, 2.75) is 13.5 Å². The van der Waals surface area contributed by atoms with Crippen molar-refractivity contribution >= 4 is 50.5 Å². The number of carbonyl (C=O) groups excluding carboxylic acids is 1. The van der Waals surface area contributed by atoms with Gasteiger partial charge >= 0.3 is 0 Å². The highest BCUT2D eigenvalue weighted by Crippen LogP contribution is 2.37. The Morgan fingerprint density at radius 2 is 1.81 bits per heavy atom. The minimum atomic E-state index is 0.0212. The van der Waals surface area contributed by atoms with Gasteiger partial charge in [-0.15, -0.1) is 11.3 Å². The van der Waals surface area contributed by atoms with Crippen LogP contribution in [0.2, 0.25) is 10.0 Å². The van der Waals surface area contributed by atoms with Gasteiger partial charge in [0.2, 0.25) is 0 Å². The third-order valence-electron chi connectivity index (χ3n) is 5.10. The van der Waals surface area contributed by atoms with Gasteiger partial charge in [-0.1, -0.05) is 53.5 Å². The molecule has 1 saturated heterocycles. The quantitative estimate of drug-likeness (QED) is 0.562. The number of hydrogen-bond donors (Lipinski definition) is 0. The number of piperazine rings is 1. The topological polar surface area (TPSA) is 23.6 Å². The molecule has 6 heteroatoms. The standard InChI is InChI=1S/C21H20Cl2N2OS/c1-14-4-2-3-5-15(14)13-24-8-10-25(11-9-24)21(26)20-19(23)17-7-6-16(22)12-18(17)27-20/h2-7,12H,8-11,13H2,1H3. The van der Waals surface area contributed by atoms with Gasteiger partial charge in [-0.25, -0.2) is 0 Å². The van der Waals surface area contributed by atoms with Crippen LogP contribution in [0, 0.1) is 6.92 Å². The average molecular weight is 419 g/mol. The molecule has 1 amide bonds. The fourth-order valence-electron chi connectivity index (χ4n) is 3.46. The lowest BCUT2D eigenvalue weighted by Gasteiger charge is -2.34. The van der Waals surface area contributed by atoms with E-state index in [1.807, 2.05) is 17.0 Å². The van der Waals surface area contributed by atoms with E-state index in [-0.39, 0.29) is 5.91 Å². The highest BCUT2D eigenvalue weighted by atomic mass is 35.5. The first-order chi connectivity index (χ1) is 13.0. The number of fused-ring (bicyclic) bond motifs is 1. The number of aryl methyl sites for hydroxylation is 1. The van der Waals surface area contributed by atoms with Crippen molar-refractivity contribution in [2.75, 3.05) is 26.2 Å². The van der Waals surface area contributed by atoms with Crippen LogP contribution in [0.25, 0.3) is 10.1 Å². The number of hydrogen-bond acceptors (Lipinski definition) is 3. The van der Waals surface area contributed by atoms with E-state index in [1.165, 1.54) is 22.5 Å². The molecule has 0 N–H and O–H groups in total. The van der Waals surface area contributed by atoms with E-state index >= 15 is 0 Å². The van der Waals surface area contributed by atoms with E-state index < -0.39 is 0 Å². The summed E-state index contributed by atoms with van der Waals surface area (Å²) in [6, 6.07) is 14.0. The largest absolute Gasteiger partial charge is 0.335 e. The Kier molecular flexibility index (Phi) is 5.42. The van der Waals surface area contributed by atoms with Crippen LogP contribution in [0.1, 0.15) is 20.8 Å². The summed E-state index contributed by atoms with van der Waals surface area (Å²) in [5.74, 6) is 0.0212. The molecule has 140 valence electrons. The zero-order valence-electron chi connectivity index (χ0n) is 15.0. The number of halogens is 2. The highest BCUT2D eigenvalue weighted by Gasteiger charge is 2.26. The first-order valence-electron chi connectivity index (χ1n) is 8.96. The summed E-state index contributed by atoms with van der Waals surface area (Å²) < 4.78 is 0.953. The van der Waals surface area contributed by atoms with Gasteiger partial charge in [-0.2, -0.15) is 0 Å². The van der Waals surface area contributed by atoms with Crippen molar-refractivity contribution < 1.29 is 4.79 Å². The Labute approximate surface area is 173 Å². The molecular formula is C21H20Cl2N2OS. The molecule has 0 atom stereocenters. The molecule has 1 aromatic heterocycles. The average Bonchev–Trinajstić information content (AvgIpc) is 2.99. The van der Waals surface area contributed by atoms with Gasteiger partial charge in [0.05, 0.1) is 5.02 Å². The SMILES string of the molecule is Cc1ccccc1CN1CCN(C(=O)c2sc3cc(Cl)ccc3c2Cl)CC1. The minimum Gasteiger partial charge on any atom is -0.335 e. The molecule has 0 saturated carbocycles. The van der Waals surface area contributed by atoms with E-state index in [9.17, 15) is 4.79 Å². The lowest BCUT2D eigenvalue weighted by molar-refractivity contribution is 0.0633. The first-order valence-corrected chi connectivity index (χ1v) is 10.5. The van der Waals surface area contributed by atoms with E-state index in [0.717, 1.165) is 42.8 Å². The van der Waals surface area contributed by atoms with Gasteiger partial charge in [-0.3, -0.25) is 9.69 Å². The van der Waals surface area contributed by atoms with Crippen LogP contribution in [-0.2, 0) is 6.54 Å². The molecule has 3 nitrogen and oxygen atoms in total. The first kappa shape index (κ1) is 18.8. The Bertz CT molecular complexity index is 993. The summed E-state index contributed by atoms with van der Waals surface area (Å²) in [6.45, 7) is 6.25. The molecule has 1 aliphatic heterocycles. The molecule has 0 bridgehead atoms. The van der Waals surface area contributed by atoms with Crippen molar-refractivity contribution in [3.63, 3.8) is 0 Å². The number of carbonyl (C=O) groups is 1. The zero-order chi connectivity index (χ0) is 19.0. The Hall–Kier alpha value is -1.59. The second-order valence-electron chi connectivity index (χ2n) is 6.88. The van der Waals surface area contributed by atoms with Crippen molar-refractivity contribution in [2.24, 2.45) is 0 Å². The summed E-state index contributed by atoms with van der Waals surface area (Å²) in [7, 11) is 0. The second kappa shape index (κ2) is 7.80. The minimum absolute atomic E-state index is 0.0212. The molecule has 2 aromatic carbocycles. The van der Waals surface area contributed by atoms with Crippen molar-refractivity contribution in [3.8, 4) is 0 Å². The van der Waals surface area contributed by atoms with E-state index in [1.54, 1.807) is 6.07 Å². The predicted molar refractivity (Wildman–Crippen MR) is 114 cm³/mol. The van der Waals surface area contributed by atoms with Gasteiger partial charge in [-0.05, 0) is 30.2 Å². The third kappa shape index (κ3) is 3.85. The summed E-state index contributed by atoms with van der Waals surface area (Å²) in [5, 5.41) is 2.09. The lowest BCUT2D eigenvalue weighted by Crippen LogP contribution is -2.48. The van der Waals surface area contributed by atoms with Crippen molar-refractivity contribution in [1.82, 2.24) is 9.80 Å². The van der Waals surface area contributed by atoms with Gasteiger partial charge in [0.25, 0.3) is 5.91 Å². The normalized spacial score (nSPS) is 15.4. The van der Waals surface area contributed by atoms with Crippen LogP contribution in [-0.4, -0.2) is 41.9 Å². The number of nitrogens with zero attached hydrogens (tertiary/aromatic N) is 2. The summed E-state index contributed by atoms with van der Waals surface area (Å²) in [4.78, 5) is 17.9. The Morgan fingerprint density at radius 1 is 1.07 bits per heavy atom. The molecule has 3 aromatic rings. The summed E-state index contributed by atoms with van der Waals surface area (Å²) in [6.07, 6.45) is 0. The molecular weight excluding hydrogens is 399 g/mol. The highest BCUT2D eigenvalue weighted by molar-refractivity contribution is 7.21. The molecule has 27 heavy (non-hydrogen) atoms. The molecule has 0 unspecified atom stereocenters. The van der Waals surface area contributed by atoms with Crippen molar-refractivity contribution in [1.29, 1.82) is 0 Å². The fourth-order valence-corrected chi connectivity index (χ4v) is 5.21. The van der Waals surface area contributed by atoms with Crippen LogP contribution < -0.4 is 0 Å². The van der Waals surface area contributed by atoms with E-state index in [2.05, 4.69) is 36.1 Å². The maximum atomic E-state index is 13.0. The van der Waals surface area contributed by atoms with Gasteiger partial charge < -0.3 is 4.90 Å². The van der Waals surface area contributed by atoms with Gasteiger partial charge in [0.1, 0.15) is 4.88 Å². The number of benzene rings is 2. The van der Waals surface area contributed by atoms with Crippen LogP contribution in [0.3, 0.4) is 0 Å². The molecule has 0 radical (unpaired) electrons. The van der Waals surface area contributed by atoms with E-state index in [4.69, 9.17) is 23.2 Å². The van der Waals surface area contributed by atoms with Crippen LogP contribution in [0.5, 0.6) is 0 Å². The van der Waals surface area contributed by atoms with Gasteiger partial charge in [0, 0.05) is 47.8 Å². The lowest BCUT2D eigenvalue weighted by atomic mass is 10.1. The van der Waals surface area contributed by atoms with Crippen molar-refractivity contribution in [3.05, 3.63) is 68.5 Å². The molecule has 1 aliphatic rings. The number of thiophene rings is 1. The fraction of sp³-hybridized carbons (Fsp3) is 0.286. The molecule has 0 aliphatic carbocycles. The molecule has 4 rings (SSSR count). The molecule has 0 spiro atoms. The maximum absolute atomic E-state index is 13.0. The van der Waals surface area contributed by atoms with E-state index in [0.29, 0.717) is 14.9 Å². The number of amides is 1. The van der Waals surface area contributed by atoms with Crippen LogP contribution >= 0.6 is 34.5 Å². The smallest absolute Gasteiger partial charge is 0.265 e. The van der Waals surface area contributed by atoms with Crippen LogP contribution in [0.4, 0.5) is 0 Å². The number of rotatable bonds is 3.